The Kier molecular flexibility index (Phi) is 7.00. The van der Waals surface area contributed by atoms with E-state index >= 15 is 0 Å². The molecule has 0 aliphatic carbocycles. The number of hydrogen-bond acceptors (Lipinski definition) is 4. The molecule has 0 heterocycles. The van der Waals surface area contributed by atoms with Gasteiger partial charge in [-0.15, -0.1) is 0 Å². The number of anilines is 1. The molecule has 0 unspecified atom stereocenters. The summed E-state index contributed by atoms with van der Waals surface area (Å²) in [6.07, 6.45) is 1.45. The minimum atomic E-state index is -0.491. The minimum Gasteiger partial charge on any atom is -0.489 e. The lowest BCUT2D eigenvalue weighted by Crippen LogP contribution is -2.09. The normalized spacial score (nSPS) is 11.0. The van der Waals surface area contributed by atoms with Gasteiger partial charge in [0.25, 0.3) is 0 Å². The Labute approximate surface area is 169 Å². The van der Waals surface area contributed by atoms with Crippen molar-refractivity contribution in [2.24, 2.45) is 0 Å². The van der Waals surface area contributed by atoms with E-state index in [4.69, 9.17) is 9.47 Å². The summed E-state index contributed by atoms with van der Waals surface area (Å²) < 4.78 is 24.8. The Hall–Kier alpha value is -3.60. The third-order valence-corrected chi connectivity index (χ3v) is 4.15. The summed E-state index contributed by atoms with van der Waals surface area (Å²) >= 11 is 0. The smallest absolute Gasteiger partial charge is 0.340 e. The fourth-order valence-corrected chi connectivity index (χ4v) is 2.67. The first-order chi connectivity index (χ1) is 14.2. The molecule has 0 spiro atoms. The summed E-state index contributed by atoms with van der Waals surface area (Å²) in [4.78, 5) is 12.4. The number of benzene rings is 3. The lowest BCUT2D eigenvalue weighted by Gasteiger charge is -2.11. The molecule has 0 aliphatic rings. The Balaban J connectivity index is 1.75. The molecule has 0 saturated carbocycles. The van der Waals surface area contributed by atoms with Crippen LogP contribution in [0.2, 0.25) is 0 Å². The second kappa shape index (κ2) is 10.1. The number of para-hydroxylation sites is 1. The fraction of sp³-hybridized carbons (Fsp3) is 0.125. The molecule has 0 saturated heterocycles. The predicted octanol–water partition coefficient (Wildman–Crippen LogP) is 5.42. The van der Waals surface area contributed by atoms with E-state index < -0.39 is 11.8 Å². The molecule has 1 N–H and O–H groups in total. The first kappa shape index (κ1) is 20.1. The number of hydrogen-bond donors (Lipinski definition) is 1. The van der Waals surface area contributed by atoms with Gasteiger partial charge in [-0.25, -0.2) is 9.18 Å². The van der Waals surface area contributed by atoms with Crippen LogP contribution < -0.4 is 10.1 Å². The van der Waals surface area contributed by atoms with Crippen molar-refractivity contribution in [3.05, 3.63) is 102 Å². The van der Waals surface area contributed by atoms with Gasteiger partial charge in [0, 0.05) is 6.20 Å². The number of carbonyl (C=O) groups is 1. The Morgan fingerprint density at radius 2 is 1.66 bits per heavy atom. The van der Waals surface area contributed by atoms with Gasteiger partial charge in [-0.3, -0.25) is 0 Å². The van der Waals surface area contributed by atoms with Gasteiger partial charge in [-0.2, -0.15) is 0 Å². The van der Waals surface area contributed by atoms with Gasteiger partial charge in [-0.1, -0.05) is 54.6 Å². The summed E-state index contributed by atoms with van der Waals surface area (Å²) in [6, 6.07) is 23.2. The van der Waals surface area contributed by atoms with E-state index in [2.05, 4.69) is 5.32 Å². The third-order valence-electron chi connectivity index (χ3n) is 4.15. The standard InChI is InChI=1S/C24H22FNO3/c1-2-28-24(27)21(16-26-23-11-7-6-10-22(23)25)19-12-14-20(15-13-19)29-17-18-8-4-3-5-9-18/h3-16,26H,2,17H2,1H3/b21-16+. The number of nitrogens with one attached hydrogen (secondary N) is 1. The average Bonchev–Trinajstić information content (AvgIpc) is 2.75. The quantitative estimate of drug-likeness (QED) is 0.411. The molecule has 0 bridgehead atoms. The maximum Gasteiger partial charge on any atom is 0.340 e. The molecule has 148 valence electrons. The van der Waals surface area contributed by atoms with Crippen LogP contribution in [0, 0.1) is 5.82 Å². The molecule has 3 aromatic rings. The molecule has 5 heteroatoms. The van der Waals surface area contributed by atoms with Gasteiger partial charge in [-0.05, 0) is 42.3 Å². The van der Waals surface area contributed by atoms with Crippen LogP contribution in [0.15, 0.2) is 85.1 Å². The van der Waals surface area contributed by atoms with Crippen molar-refractivity contribution in [3.63, 3.8) is 0 Å². The minimum absolute atomic E-state index is 0.244. The molecule has 0 fully saturated rings. The van der Waals surface area contributed by atoms with Crippen LogP contribution in [0.4, 0.5) is 10.1 Å². The zero-order valence-electron chi connectivity index (χ0n) is 16.1. The van der Waals surface area contributed by atoms with E-state index in [-0.39, 0.29) is 12.3 Å². The SMILES string of the molecule is CCOC(=O)/C(=C/Nc1ccccc1F)c1ccc(OCc2ccccc2)cc1. The molecule has 0 atom stereocenters. The number of rotatable bonds is 8. The second-order valence-corrected chi connectivity index (χ2v) is 6.20. The van der Waals surface area contributed by atoms with Crippen molar-refractivity contribution in [2.75, 3.05) is 11.9 Å². The highest BCUT2D eigenvalue weighted by molar-refractivity contribution is 6.16. The van der Waals surface area contributed by atoms with Crippen molar-refractivity contribution in [1.82, 2.24) is 0 Å². The topological polar surface area (TPSA) is 47.6 Å². The zero-order valence-corrected chi connectivity index (χ0v) is 16.1. The summed E-state index contributed by atoms with van der Waals surface area (Å²) in [5.74, 6) is -0.214. The van der Waals surface area contributed by atoms with Gasteiger partial charge in [0.15, 0.2) is 0 Å². The molecular weight excluding hydrogens is 369 g/mol. The van der Waals surface area contributed by atoms with E-state index in [0.717, 1.165) is 5.56 Å². The highest BCUT2D eigenvalue weighted by Crippen LogP contribution is 2.22. The average molecular weight is 391 g/mol. The van der Waals surface area contributed by atoms with Crippen molar-refractivity contribution >= 4 is 17.2 Å². The number of esters is 1. The monoisotopic (exact) mass is 391 g/mol. The number of ether oxygens (including phenoxy) is 2. The molecule has 29 heavy (non-hydrogen) atoms. The highest BCUT2D eigenvalue weighted by atomic mass is 19.1. The number of halogens is 1. The largest absolute Gasteiger partial charge is 0.489 e. The number of carbonyl (C=O) groups excluding carboxylic acids is 1. The lowest BCUT2D eigenvalue weighted by atomic mass is 10.1. The van der Waals surface area contributed by atoms with E-state index in [1.807, 2.05) is 30.3 Å². The van der Waals surface area contributed by atoms with Crippen LogP contribution in [0.5, 0.6) is 5.75 Å². The van der Waals surface area contributed by atoms with Crippen LogP contribution in [-0.2, 0) is 16.1 Å². The zero-order chi connectivity index (χ0) is 20.5. The molecule has 3 rings (SSSR count). The molecular formula is C24H22FNO3. The molecule has 3 aromatic carbocycles. The molecule has 4 nitrogen and oxygen atoms in total. The van der Waals surface area contributed by atoms with Crippen molar-refractivity contribution in [3.8, 4) is 5.75 Å². The fourth-order valence-electron chi connectivity index (χ4n) is 2.67. The Morgan fingerprint density at radius 1 is 0.966 bits per heavy atom. The van der Waals surface area contributed by atoms with E-state index in [9.17, 15) is 9.18 Å². The van der Waals surface area contributed by atoms with E-state index in [1.165, 1.54) is 12.3 Å². The second-order valence-electron chi connectivity index (χ2n) is 6.20. The summed E-state index contributed by atoms with van der Waals surface area (Å²) in [6.45, 7) is 2.43. The van der Waals surface area contributed by atoms with Crippen LogP contribution in [0.3, 0.4) is 0 Å². The van der Waals surface area contributed by atoms with Gasteiger partial charge >= 0.3 is 5.97 Å². The van der Waals surface area contributed by atoms with Gasteiger partial charge in [0.05, 0.1) is 17.9 Å². The van der Waals surface area contributed by atoms with Crippen LogP contribution in [-0.4, -0.2) is 12.6 Å². The van der Waals surface area contributed by atoms with Gasteiger partial charge < -0.3 is 14.8 Å². The van der Waals surface area contributed by atoms with Crippen molar-refractivity contribution < 1.29 is 18.7 Å². The first-order valence-electron chi connectivity index (χ1n) is 9.33. The third kappa shape index (κ3) is 5.69. The summed E-state index contributed by atoms with van der Waals surface area (Å²) in [5.41, 5.74) is 2.28. The highest BCUT2D eigenvalue weighted by Gasteiger charge is 2.14. The van der Waals surface area contributed by atoms with Crippen LogP contribution >= 0.6 is 0 Å². The predicted molar refractivity (Wildman–Crippen MR) is 112 cm³/mol. The summed E-state index contributed by atoms with van der Waals surface area (Å²) in [5, 5.41) is 2.84. The van der Waals surface area contributed by atoms with Crippen LogP contribution in [0.25, 0.3) is 5.57 Å². The first-order valence-corrected chi connectivity index (χ1v) is 9.33. The summed E-state index contributed by atoms with van der Waals surface area (Å²) in [7, 11) is 0. The van der Waals surface area contributed by atoms with E-state index in [0.29, 0.717) is 23.5 Å². The van der Waals surface area contributed by atoms with Gasteiger partial charge in [0.2, 0.25) is 0 Å². The molecule has 0 aliphatic heterocycles. The molecule has 0 radical (unpaired) electrons. The maximum absolute atomic E-state index is 13.8. The maximum atomic E-state index is 13.8. The lowest BCUT2D eigenvalue weighted by molar-refractivity contribution is -0.136. The van der Waals surface area contributed by atoms with Crippen molar-refractivity contribution in [2.45, 2.75) is 13.5 Å². The van der Waals surface area contributed by atoms with E-state index in [1.54, 1.807) is 49.4 Å². The Bertz CT molecular complexity index is 969. The van der Waals surface area contributed by atoms with Crippen molar-refractivity contribution in [1.29, 1.82) is 0 Å². The van der Waals surface area contributed by atoms with Crippen LogP contribution in [0.1, 0.15) is 18.1 Å². The molecule has 0 amide bonds. The van der Waals surface area contributed by atoms with Gasteiger partial charge in [0.1, 0.15) is 18.2 Å². The Morgan fingerprint density at radius 3 is 2.34 bits per heavy atom. The molecule has 0 aromatic heterocycles.